The summed E-state index contributed by atoms with van der Waals surface area (Å²) in [5, 5.41) is 0. The molecule has 1 aromatic heterocycles. The normalized spacial score (nSPS) is 21.2. The predicted octanol–water partition coefficient (Wildman–Crippen LogP) is 2.22. The Bertz CT molecular complexity index is 724. The first-order chi connectivity index (χ1) is 9.97. The van der Waals surface area contributed by atoms with Gasteiger partial charge in [0.15, 0.2) is 16.4 Å². The maximum absolute atomic E-state index is 14.1. The van der Waals surface area contributed by atoms with Crippen molar-refractivity contribution in [1.29, 1.82) is 0 Å². The summed E-state index contributed by atoms with van der Waals surface area (Å²) in [6.07, 6.45) is 0. The molecule has 1 unspecified atom stereocenters. The Balaban J connectivity index is 2.02. The van der Waals surface area contributed by atoms with Gasteiger partial charge in [-0.05, 0) is 38.4 Å². The third-order valence-corrected chi connectivity index (χ3v) is 4.52. The van der Waals surface area contributed by atoms with Gasteiger partial charge >= 0.3 is 0 Å². The molecule has 0 spiro atoms. The summed E-state index contributed by atoms with van der Waals surface area (Å²) in [5.41, 5.74) is 0.757. The van der Waals surface area contributed by atoms with E-state index in [-0.39, 0.29) is 11.6 Å². The third-order valence-electron chi connectivity index (χ3n) is 4.20. The van der Waals surface area contributed by atoms with Crippen LogP contribution in [0.1, 0.15) is 0 Å². The average molecular weight is 312 g/mol. The summed E-state index contributed by atoms with van der Waals surface area (Å²) in [4.78, 5) is 7.42. The number of H-pyrrole nitrogens is 1. The lowest BCUT2D eigenvalue weighted by Gasteiger charge is -2.37. The molecule has 21 heavy (non-hydrogen) atoms. The maximum Gasteiger partial charge on any atom is 0.184 e. The fraction of sp³-hybridized carbons (Fsp3) is 0.500. The average Bonchev–Trinajstić information content (AvgIpc) is 2.75. The van der Waals surface area contributed by atoms with Gasteiger partial charge in [0.25, 0.3) is 0 Å². The molecule has 3 rings (SSSR count). The van der Waals surface area contributed by atoms with Gasteiger partial charge in [-0.15, -0.1) is 0 Å². The molecule has 1 aliphatic heterocycles. The van der Waals surface area contributed by atoms with Gasteiger partial charge in [0.1, 0.15) is 5.52 Å². The lowest BCUT2D eigenvalue weighted by atomic mass is 10.2. The Kier molecular flexibility index (Phi) is 3.81. The molecule has 1 aliphatic rings. The third kappa shape index (κ3) is 2.61. The van der Waals surface area contributed by atoms with Crippen LogP contribution in [0.15, 0.2) is 12.1 Å². The zero-order valence-electron chi connectivity index (χ0n) is 12.1. The standard InChI is InChI=1S/C14H18F2N4S/c1-18-5-6-19(2)9(7-18)8-20-13-11(17-14(20)21)4-3-10(15)12(13)16/h3-4,9H,5-8H2,1-2H3,(H,17,21). The van der Waals surface area contributed by atoms with Gasteiger partial charge in [-0.25, -0.2) is 8.78 Å². The number of halogens is 2. The van der Waals surface area contributed by atoms with Crippen LogP contribution in [0.5, 0.6) is 0 Å². The van der Waals surface area contributed by atoms with Crippen LogP contribution in [0.4, 0.5) is 8.78 Å². The van der Waals surface area contributed by atoms with E-state index >= 15 is 0 Å². The van der Waals surface area contributed by atoms with E-state index in [1.165, 1.54) is 6.07 Å². The number of likely N-dealkylation sites (N-methyl/N-ethyl adjacent to an activating group) is 2. The summed E-state index contributed by atoms with van der Waals surface area (Å²) in [6, 6.07) is 2.86. The minimum absolute atomic E-state index is 0.220. The van der Waals surface area contributed by atoms with E-state index in [4.69, 9.17) is 12.2 Å². The number of fused-ring (bicyclic) bond motifs is 1. The smallest absolute Gasteiger partial charge is 0.184 e. The topological polar surface area (TPSA) is 27.2 Å². The minimum Gasteiger partial charge on any atom is -0.330 e. The molecule has 0 bridgehead atoms. The highest BCUT2D eigenvalue weighted by molar-refractivity contribution is 7.71. The fourth-order valence-corrected chi connectivity index (χ4v) is 3.15. The van der Waals surface area contributed by atoms with E-state index in [9.17, 15) is 8.78 Å². The second kappa shape index (κ2) is 5.47. The molecule has 0 radical (unpaired) electrons. The van der Waals surface area contributed by atoms with E-state index in [1.54, 1.807) is 4.57 Å². The Morgan fingerprint density at radius 3 is 2.81 bits per heavy atom. The van der Waals surface area contributed by atoms with E-state index in [0.29, 0.717) is 16.8 Å². The molecule has 4 nitrogen and oxygen atoms in total. The summed E-state index contributed by atoms with van der Waals surface area (Å²) < 4.78 is 29.7. The molecule has 1 fully saturated rings. The van der Waals surface area contributed by atoms with Crippen molar-refractivity contribution in [2.24, 2.45) is 0 Å². The number of benzene rings is 1. The molecule has 1 N–H and O–H groups in total. The van der Waals surface area contributed by atoms with Crippen LogP contribution in [0.25, 0.3) is 11.0 Å². The molecule has 2 heterocycles. The molecule has 7 heteroatoms. The van der Waals surface area contributed by atoms with Crippen molar-refractivity contribution in [2.75, 3.05) is 33.7 Å². The van der Waals surface area contributed by atoms with E-state index in [2.05, 4.69) is 21.8 Å². The molecular weight excluding hydrogens is 294 g/mol. The second-order valence-corrected chi connectivity index (χ2v) is 6.08. The van der Waals surface area contributed by atoms with Crippen molar-refractivity contribution in [1.82, 2.24) is 19.4 Å². The molecule has 114 valence electrons. The lowest BCUT2D eigenvalue weighted by molar-refractivity contribution is 0.103. The van der Waals surface area contributed by atoms with E-state index in [0.717, 1.165) is 25.7 Å². The Morgan fingerprint density at radius 1 is 1.29 bits per heavy atom. The van der Waals surface area contributed by atoms with Crippen molar-refractivity contribution < 1.29 is 8.78 Å². The quantitative estimate of drug-likeness (QED) is 0.862. The number of rotatable bonds is 2. The van der Waals surface area contributed by atoms with Crippen LogP contribution >= 0.6 is 12.2 Å². The van der Waals surface area contributed by atoms with Gasteiger partial charge < -0.3 is 14.5 Å². The number of hydrogen-bond donors (Lipinski definition) is 1. The zero-order chi connectivity index (χ0) is 15.1. The van der Waals surface area contributed by atoms with Crippen molar-refractivity contribution in [3.63, 3.8) is 0 Å². The lowest BCUT2D eigenvalue weighted by Crippen LogP contribution is -2.51. The summed E-state index contributed by atoms with van der Waals surface area (Å²) in [7, 11) is 4.11. The van der Waals surface area contributed by atoms with Crippen LogP contribution in [0.3, 0.4) is 0 Å². The first-order valence-corrected chi connectivity index (χ1v) is 7.33. The predicted molar refractivity (Wildman–Crippen MR) is 81.0 cm³/mol. The second-order valence-electron chi connectivity index (χ2n) is 5.69. The van der Waals surface area contributed by atoms with Gasteiger partial charge in [0.05, 0.1) is 5.52 Å². The fourth-order valence-electron chi connectivity index (χ4n) is 2.87. The van der Waals surface area contributed by atoms with Crippen LogP contribution in [-0.2, 0) is 6.54 Å². The van der Waals surface area contributed by atoms with Crippen LogP contribution in [0.2, 0.25) is 0 Å². The van der Waals surface area contributed by atoms with Crippen molar-refractivity contribution in [2.45, 2.75) is 12.6 Å². The van der Waals surface area contributed by atoms with Gasteiger partial charge in [-0.3, -0.25) is 4.90 Å². The number of nitrogens with zero attached hydrogens (tertiary/aromatic N) is 3. The number of aromatic nitrogens is 2. The molecule has 1 atom stereocenters. The number of aromatic amines is 1. The first kappa shape index (κ1) is 14.6. The summed E-state index contributed by atoms with van der Waals surface area (Å²) in [5.74, 6) is -1.69. The molecule has 0 saturated carbocycles. The zero-order valence-corrected chi connectivity index (χ0v) is 12.9. The molecular formula is C14H18F2N4S. The minimum atomic E-state index is -0.848. The highest BCUT2D eigenvalue weighted by atomic mass is 32.1. The highest BCUT2D eigenvalue weighted by Crippen LogP contribution is 2.22. The molecule has 2 aromatic rings. The van der Waals surface area contributed by atoms with Crippen molar-refractivity contribution in [3.8, 4) is 0 Å². The van der Waals surface area contributed by atoms with Crippen LogP contribution in [-0.4, -0.2) is 59.1 Å². The van der Waals surface area contributed by atoms with Crippen molar-refractivity contribution >= 4 is 23.3 Å². The van der Waals surface area contributed by atoms with E-state index < -0.39 is 11.6 Å². The monoisotopic (exact) mass is 312 g/mol. The van der Waals surface area contributed by atoms with Crippen molar-refractivity contribution in [3.05, 3.63) is 28.5 Å². The van der Waals surface area contributed by atoms with Gasteiger partial charge in [0, 0.05) is 32.2 Å². The molecule has 1 saturated heterocycles. The number of nitrogens with one attached hydrogen (secondary N) is 1. The number of piperazine rings is 1. The van der Waals surface area contributed by atoms with E-state index in [1.807, 2.05) is 7.05 Å². The maximum atomic E-state index is 14.1. The highest BCUT2D eigenvalue weighted by Gasteiger charge is 2.24. The molecule has 1 aromatic carbocycles. The SMILES string of the molecule is CN1CCN(C)C(Cn2c(=S)[nH]c3ccc(F)c(F)c32)C1. The Hall–Kier alpha value is -1.31. The largest absolute Gasteiger partial charge is 0.330 e. The number of imidazole rings is 1. The Morgan fingerprint density at radius 2 is 2.05 bits per heavy atom. The summed E-state index contributed by atoms with van der Waals surface area (Å²) >= 11 is 5.28. The first-order valence-electron chi connectivity index (χ1n) is 6.92. The van der Waals surface area contributed by atoms with Gasteiger partial charge in [-0.1, -0.05) is 0 Å². The van der Waals surface area contributed by atoms with Crippen LogP contribution < -0.4 is 0 Å². The van der Waals surface area contributed by atoms with Gasteiger partial charge in [-0.2, -0.15) is 0 Å². The molecule has 0 aliphatic carbocycles. The number of hydrogen-bond acceptors (Lipinski definition) is 3. The van der Waals surface area contributed by atoms with Crippen LogP contribution in [0, 0.1) is 16.4 Å². The molecule has 0 amide bonds. The van der Waals surface area contributed by atoms with Gasteiger partial charge in [0.2, 0.25) is 0 Å². The Labute approximate surface area is 127 Å². The summed E-state index contributed by atoms with van der Waals surface area (Å²) in [6.45, 7) is 3.38.